The number of nitrogens with zero attached hydrogens (tertiary/aromatic N) is 4. The van der Waals surface area contributed by atoms with Crippen molar-refractivity contribution in [1.82, 2.24) is 10.0 Å². The highest BCUT2D eigenvalue weighted by Crippen LogP contribution is 2.24. The average molecular weight is 320 g/mol. The van der Waals surface area contributed by atoms with Gasteiger partial charge in [0, 0.05) is 0 Å². The summed E-state index contributed by atoms with van der Waals surface area (Å²) in [5.74, 6) is -0.0796. The predicted octanol–water partition coefficient (Wildman–Crippen LogP) is 1.62. The van der Waals surface area contributed by atoms with Crippen LogP contribution in [0.4, 0.5) is 0 Å². The van der Waals surface area contributed by atoms with Gasteiger partial charge < -0.3 is 11.5 Å². The van der Waals surface area contributed by atoms with E-state index in [1.807, 2.05) is 6.92 Å². The van der Waals surface area contributed by atoms with Gasteiger partial charge in [-0.2, -0.15) is 10.2 Å². The molecule has 2 fully saturated rings. The minimum absolute atomic E-state index is 0.0381. The standard InChI is InChI=1S/C15H28N8/c1-11(21-23(15(18)19)13-8-4-5-9-13)10-20-22(14(16)17)12-6-2-3-7-12/h10,12-13H,2-9H2,1H3,(H3,16,17)(H3,18,19)/b20-10+,21-11+. The van der Waals surface area contributed by atoms with Crippen molar-refractivity contribution in [1.29, 1.82) is 10.8 Å². The first-order chi connectivity index (χ1) is 11.0. The lowest BCUT2D eigenvalue weighted by molar-refractivity contribution is 0.322. The van der Waals surface area contributed by atoms with Gasteiger partial charge in [-0.1, -0.05) is 25.7 Å². The highest BCUT2D eigenvalue weighted by Gasteiger charge is 2.24. The first kappa shape index (κ1) is 17.2. The van der Waals surface area contributed by atoms with Gasteiger partial charge in [0.1, 0.15) is 0 Å². The predicted molar refractivity (Wildman–Crippen MR) is 93.6 cm³/mol. The quantitative estimate of drug-likeness (QED) is 0.348. The highest BCUT2D eigenvalue weighted by molar-refractivity contribution is 6.29. The molecule has 0 bridgehead atoms. The van der Waals surface area contributed by atoms with Gasteiger partial charge in [-0.15, -0.1) is 0 Å². The largest absolute Gasteiger partial charge is 0.369 e. The van der Waals surface area contributed by atoms with Crippen LogP contribution in [0.1, 0.15) is 58.3 Å². The third-order valence-electron chi connectivity index (χ3n) is 4.47. The Hall–Kier alpha value is -2.12. The van der Waals surface area contributed by atoms with Crippen LogP contribution in [0.5, 0.6) is 0 Å². The van der Waals surface area contributed by atoms with E-state index in [0.29, 0.717) is 5.71 Å². The Morgan fingerprint density at radius 3 is 1.78 bits per heavy atom. The monoisotopic (exact) mass is 320 g/mol. The lowest BCUT2D eigenvalue weighted by atomic mass is 10.2. The smallest absolute Gasteiger partial charge is 0.209 e. The van der Waals surface area contributed by atoms with Gasteiger partial charge in [0.15, 0.2) is 0 Å². The van der Waals surface area contributed by atoms with E-state index in [1.54, 1.807) is 16.2 Å². The number of hydrogen-bond donors (Lipinski definition) is 4. The molecule has 0 saturated heterocycles. The summed E-state index contributed by atoms with van der Waals surface area (Å²) in [6.45, 7) is 1.82. The first-order valence-electron chi connectivity index (χ1n) is 8.34. The molecular weight excluding hydrogens is 292 g/mol. The summed E-state index contributed by atoms with van der Waals surface area (Å²) in [6.07, 6.45) is 10.2. The van der Waals surface area contributed by atoms with E-state index in [-0.39, 0.29) is 24.0 Å². The molecule has 0 heterocycles. The lowest BCUT2D eigenvalue weighted by Gasteiger charge is -2.25. The second kappa shape index (κ2) is 7.94. The number of guanidine groups is 2. The third kappa shape index (κ3) is 4.67. The van der Waals surface area contributed by atoms with E-state index in [4.69, 9.17) is 22.3 Å². The number of nitrogens with two attached hydrogens (primary N) is 2. The Bertz CT molecular complexity index is 486. The average Bonchev–Trinajstić information content (AvgIpc) is 3.17. The summed E-state index contributed by atoms with van der Waals surface area (Å²) >= 11 is 0. The molecule has 0 spiro atoms. The van der Waals surface area contributed by atoms with E-state index >= 15 is 0 Å². The molecule has 0 unspecified atom stereocenters. The maximum absolute atomic E-state index is 7.72. The molecule has 2 aliphatic rings. The van der Waals surface area contributed by atoms with Crippen molar-refractivity contribution in [3.63, 3.8) is 0 Å². The van der Waals surface area contributed by atoms with E-state index in [0.717, 1.165) is 51.4 Å². The van der Waals surface area contributed by atoms with Crippen molar-refractivity contribution in [2.45, 2.75) is 70.4 Å². The highest BCUT2D eigenvalue weighted by atomic mass is 15.5. The molecule has 0 aromatic rings. The Morgan fingerprint density at radius 2 is 1.35 bits per heavy atom. The molecule has 0 radical (unpaired) electrons. The van der Waals surface area contributed by atoms with Crippen molar-refractivity contribution >= 4 is 23.8 Å². The zero-order chi connectivity index (χ0) is 16.8. The molecule has 2 saturated carbocycles. The number of hydrazone groups is 2. The van der Waals surface area contributed by atoms with Crippen LogP contribution in [0.3, 0.4) is 0 Å². The zero-order valence-corrected chi connectivity index (χ0v) is 13.8. The minimum atomic E-state index is -0.0415. The Balaban J connectivity index is 2.05. The molecule has 0 amide bonds. The van der Waals surface area contributed by atoms with E-state index in [1.165, 1.54) is 0 Å². The second-order valence-electron chi connectivity index (χ2n) is 6.32. The number of nitrogens with one attached hydrogen (secondary N) is 2. The fourth-order valence-electron chi connectivity index (χ4n) is 3.32. The van der Waals surface area contributed by atoms with Crippen LogP contribution in [-0.2, 0) is 0 Å². The SMILES string of the molecule is CC(/C=N/N(C(=N)N)C1CCCC1)=N\N(C(=N)N)C1CCCC1. The molecule has 8 nitrogen and oxygen atoms in total. The summed E-state index contributed by atoms with van der Waals surface area (Å²) in [5, 5.41) is 27.3. The van der Waals surface area contributed by atoms with Crippen molar-refractivity contribution in [3.05, 3.63) is 0 Å². The van der Waals surface area contributed by atoms with Crippen molar-refractivity contribution in [2.24, 2.45) is 21.7 Å². The molecule has 0 aliphatic heterocycles. The van der Waals surface area contributed by atoms with E-state index in [9.17, 15) is 0 Å². The van der Waals surface area contributed by atoms with Gasteiger partial charge >= 0.3 is 0 Å². The van der Waals surface area contributed by atoms with Crippen molar-refractivity contribution < 1.29 is 0 Å². The fraction of sp³-hybridized carbons (Fsp3) is 0.733. The molecule has 23 heavy (non-hydrogen) atoms. The normalized spacial score (nSPS) is 20.3. The summed E-state index contributed by atoms with van der Waals surface area (Å²) < 4.78 is 0. The summed E-state index contributed by atoms with van der Waals surface area (Å²) in [4.78, 5) is 0. The number of rotatable bonds is 5. The van der Waals surface area contributed by atoms with Crippen LogP contribution in [0.15, 0.2) is 10.2 Å². The second-order valence-corrected chi connectivity index (χ2v) is 6.32. The molecule has 0 aromatic heterocycles. The lowest BCUT2D eigenvalue weighted by Crippen LogP contribution is -2.40. The fourth-order valence-corrected chi connectivity index (χ4v) is 3.32. The van der Waals surface area contributed by atoms with Gasteiger partial charge in [-0.05, 0) is 32.6 Å². The summed E-state index contributed by atoms with van der Waals surface area (Å²) in [7, 11) is 0. The first-order valence-corrected chi connectivity index (χ1v) is 8.34. The molecule has 0 atom stereocenters. The van der Waals surface area contributed by atoms with Crippen molar-refractivity contribution in [2.75, 3.05) is 0 Å². The maximum Gasteiger partial charge on any atom is 0.209 e. The van der Waals surface area contributed by atoms with E-state index in [2.05, 4.69) is 10.2 Å². The van der Waals surface area contributed by atoms with Crippen LogP contribution < -0.4 is 11.5 Å². The summed E-state index contributed by atoms with van der Waals surface area (Å²) in [5.41, 5.74) is 12.0. The van der Waals surface area contributed by atoms with Gasteiger partial charge in [-0.25, -0.2) is 10.0 Å². The van der Waals surface area contributed by atoms with Crippen LogP contribution >= 0.6 is 0 Å². The minimum Gasteiger partial charge on any atom is -0.369 e. The Morgan fingerprint density at radius 1 is 0.913 bits per heavy atom. The third-order valence-corrected chi connectivity index (χ3v) is 4.47. The van der Waals surface area contributed by atoms with Crippen LogP contribution in [-0.4, -0.2) is 45.9 Å². The molecule has 2 aliphatic carbocycles. The Labute approximate surface area is 137 Å². The number of hydrogen-bond acceptors (Lipinski definition) is 4. The van der Waals surface area contributed by atoms with Gasteiger partial charge in [0.25, 0.3) is 0 Å². The molecule has 2 rings (SSSR count). The van der Waals surface area contributed by atoms with Crippen LogP contribution in [0.25, 0.3) is 0 Å². The molecular formula is C15H28N8. The van der Waals surface area contributed by atoms with Crippen LogP contribution in [0.2, 0.25) is 0 Å². The van der Waals surface area contributed by atoms with Gasteiger partial charge in [-0.3, -0.25) is 10.8 Å². The maximum atomic E-state index is 7.72. The Kier molecular flexibility index (Phi) is 5.95. The zero-order valence-electron chi connectivity index (χ0n) is 13.8. The van der Waals surface area contributed by atoms with Gasteiger partial charge in [0.2, 0.25) is 11.9 Å². The van der Waals surface area contributed by atoms with Gasteiger partial charge in [0.05, 0.1) is 24.0 Å². The topological polar surface area (TPSA) is 131 Å². The van der Waals surface area contributed by atoms with Crippen molar-refractivity contribution in [3.8, 4) is 0 Å². The molecule has 0 aromatic carbocycles. The summed E-state index contributed by atoms with van der Waals surface area (Å²) in [6, 6.07) is 0.407. The van der Waals surface area contributed by atoms with E-state index < -0.39 is 0 Å². The van der Waals surface area contributed by atoms with Crippen LogP contribution in [0, 0.1) is 10.8 Å². The molecule has 8 heteroatoms. The molecule has 6 N–H and O–H groups in total. The molecule has 128 valence electrons.